The Labute approximate surface area is 107 Å². The van der Waals surface area contributed by atoms with Gasteiger partial charge in [0.05, 0.1) is 12.7 Å². The first-order valence-electron chi connectivity index (χ1n) is 6.01. The lowest BCUT2D eigenvalue weighted by Crippen LogP contribution is -2.15. The first-order chi connectivity index (χ1) is 8.26. The topological polar surface area (TPSA) is 56.3 Å². The summed E-state index contributed by atoms with van der Waals surface area (Å²) in [6, 6.07) is 0. The number of hydrogen-bond acceptors (Lipinski definition) is 6. The van der Waals surface area contributed by atoms with Gasteiger partial charge >= 0.3 is 0 Å². The van der Waals surface area contributed by atoms with E-state index in [0.29, 0.717) is 13.2 Å². The molecule has 0 aliphatic carbocycles. The molecule has 0 aliphatic rings. The van der Waals surface area contributed by atoms with E-state index < -0.39 is 0 Å². The van der Waals surface area contributed by atoms with Crippen molar-refractivity contribution < 1.29 is 9.47 Å². The van der Waals surface area contributed by atoms with E-state index in [9.17, 15) is 0 Å². The van der Waals surface area contributed by atoms with Crippen LogP contribution in [-0.4, -0.2) is 36.1 Å². The van der Waals surface area contributed by atoms with Gasteiger partial charge in [0.2, 0.25) is 5.13 Å². The van der Waals surface area contributed by atoms with E-state index >= 15 is 0 Å². The van der Waals surface area contributed by atoms with E-state index in [4.69, 9.17) is 9.47 Å². The van der Waals surface area contributed by atoms with Crippen LogP contribution in [0.4, 0.5) is 5.13 Å². The normalized spacial score (nSPS) is 12.6. The quantitative estimate of drug-likeness (QED) is 0.737. The summed E-state index contributed by atoms with van der Waals surface area (Å²) in [7, 11) is 0. The Morgan fingerprint density at radius 2 is 2.18 bits per heavy atom. The fraction of sp³-hybridized carbons (Fsp3) is 0.818. The largest absolute Gasteiger partial charge is 0.379 e. The molecule has 1 aromatic heterocycles. The summed E-state index contributed by atoms with van der Waals surface area (Å²) in [6.45, 7) is 8.85. The van der Waals surface area contributed by atoms with Gasteiger partial charge in [0.1, 0.15) is 11.6 Å². The minimum Gasteiger partial charge on any atom is -0.379 e. The Morgan fingerprint density at radius 3 is 2.88 bits per heavy atom. The van der Waals surface area contributed by atoms with Crippen LogP contribution in [0.15, 0.2) is 0 Å². The maximum atomic E-state index is 5.60. The van der Waals surface area contributed by atoms with Crippen LogP contribution in [0.2, 0.25) is 0 Å². The van der Waals surface area contributed by atoms with Crippen molar-refractivity contribution in [3.63, 3.8) is 0 Å². The van der Waals surface area contributed by atoms with Crippen molar-refractivity contribution in [2.45, 2.75) is 39.9 Å². The summed E-state index contributed by atoms with van der Waals surface area (Å²) in [4.78, 5) is 0. The summed E-state index contributed by atoms with van der Waals surface area (Å²) in [5, 5.41) is 13.1. The van der Waals surface area contributed by atoms with E-state index in [0.717, 1.165) is 29.7 Å². The van der Waals surface area contributed by atoms with Crippen LogP contribution < -0.4 is 5.32 Å². The Bertz CT molecular complexity index is 307. The summed E-state index contributed by atoms with van der Waals surface area (Å²) in [5.74, 6) is 0. The third-order valence-electron chi connectivity index (χ3n) is 2.04. The predicted molar refractivity (Wildman–Crippen MR) is 69.4 cm³/mol. The highest BCUT2D eigenvalue weighted by Crippen LogP contribution is 2.16. The highest BCUT2D eigenvalue weighted by atomic mass is 32.1. The number of aromatic nitrogens is 2. The fourth-order valence-corrected chi connectivity index (χ4v) is 1.85. The Balaban J connectivity index is 2.24. The van der Waals surface area contributed by atoms with Gasteiger partial charge in [0, 0.05) is 13.2 Å². The molecule has 98 valence electrons. The third kappa shape index (κ3) is 5.95. The molecule has 0 bridgehead atoms. The van der Waals surface area contributed by atoms with Crippen molar-refractivity contribution >= 4 is 16.5 Å². The van der Waals surface area contributed by atoms with Gasteiger partial charge in [0.25, 0.3) is 0 Å². The second kappa shape index (κ2) is 8.38. The standard InChI is InChI=1S/C11H21N3O2S/c1-4-6-12-11-14-13-10(17-11)8-16-9(3)7-15-5-2/h9H,4-8H2,1-3H3,(H,12,14). The molecule has 0 aliphatic heterocycles. The maximum absolute atomic E-state index is 5.60. The number of ether oxygens (including phenoxy) is 2. The highest BCUT2D eigenvalue weighted by Gasteiger charge is 2.07. The molecule has 0 saturated heterocycles. The van der Waals surface area contributed by atoms with Gasteiger partial charge in [-0.25, -0.2) is 0 Å². The van der Waals surface area contributed by atoms with E-state index in [2.05, 4.69) is 22.4 Å². The van der Waals surface area contributed by atoms with Crippen LogP contribution >= 0.6 is 11.3 Å². The molecule has 1 rings (SSSR count). The first kappa shape index (κ1) is 14.3. The van der Waals surface area contributed by atoms with Crippen LogP contribution in [0.5, 0.6) is 0 Å². The molecule has 1 unspecified atom stereocenters. The van der Waals surface area contributed by atoms with Crippen molar-refractivity contribution in [2.75, 3.05) is 25.1 Å². The SMILES string of the molecule is CCCNc1nnc(COC(C)COCC)s1. The molecule has 6 heteroatoms. The summed E-state index contributed by atoms with van der Waals surface area (Å²) < 4.78 is 10.9. The van der Waals surface area contributed by atoms with E-state index in [-0.39, 0.29) is 6.10 Å². The highest BCUT2D eigenvalue weighted by molar-refractivity contribution is 7.15. The molecule has 0 saturated carbocycles. The lowest BCUT2D eigenvalue weighted by molar-refractivity contribution is -0.0118. The van der Waals surface area contributed by atoms with Crippen molar-refractivity contribution in [1.29, 1.82) is 0 Å². The van der Waals surface area contributed by atoms with Crippen molar-refractivity contribution in [1.82, 2.24) is 10.2 Å². The van der Waals surface area contributed by atoms with Crippen molar-refractivity contribution in [2.24, 2.45) is 0 Å². The third-order valence-corrected chi connectivity index (χ3v) is 2.90. The number of nitrogens with one attached hydrogen (secondary N) is 1. The summed E-state index contributed by atoms with van der Waals surface area (Å²) in [5.41, 5.74) is 0. The second-order valence-electron chi connectivity index (χ2n) is 3.71. The van der Waals surface area contributed by atoms with Crippen molar-refractivity contribution in [3.8, 4) is 0 Å². The van der Waals surface area contributed by atoms with Crippen LogP contribution in [0.1, 0.15) is 32.2 Å². The predicted octanol–water partition coefficient (Wildman–Crippen LogP) is 2.30. The van der Waals surface area contributed by atoms with Gasteiger partial charge in [-0.3, -0.25) is 0 Å². The van der Waals surface area contributed by atoms with Crippen LogP contribution in [0.3, 0.4) is 0 Å². The van der Waals surface area contributed by atoms with Gasteiger partial charge in [-0.15, -0.1) is 10.2 Å². The molecule has 0 spiro atoms. The molecule has 17 heavy (non-hydrogen) atoms. The van der Waals surface area contributed by atoms with Gasteiger partial charge < -0.3 is 14.8 Å². The van der Waals surface area contributed by atoms with Gasteiger partial charge in [-0.1, -0.05) is 18.3 Å². The number of hydrogen-bond donors (Lipinski definition) is 1. The molecule has 0 aromatic carbocycles. The molecule has 0 radical (unpaired) electrons. The van der Waals surface area contributed by atoms with Crippen LogP contribution in [-0.2, 0) is 16.1 Å². The van der Waals surface area contributed by atoms with Gasteiger partial charge in [0.15, 0.2) is 0 Å². The first-order valence-corrected chi connectivity index (χ1v) is 6.83. The number of anilines is 1. The lowest BCUT2D eigenvalue weighted by Gasteiger charge is -2.10. The minimum atomic E-state index is 0.0888. The minimum absolute atomic E-state index is 0.0888. The molecular formula is C11H21N3O2S. The molecule has 1 atom stereocenters. The van der Waals surface area contributed by atoms with Crippen LogP contribution in [0, 0.1) is 0 Å². The average molecular weight is 259 g/mol. The molecular weight excluding hydrogens is 238 g/mol. The Kier molecular flexibility index (Phi) is 7.07. The summed E-state index contributed by atoms with van der Waals surface area (Å²) >= 11 is 1.54. The number of nitrogens with zero attached hydrogens (tertiary/aromatic N) is 2. The van der Waals surface area contributed by atoms with Gasteiger partial charge in [-0.05, 0) is 20.3 Å². The lowest BCUT2D eigenvalue weighted by atomic mass is 10.4. The molecule has 1 aromatic rings. The zero-order chi connectivity index (χ0) is 12.5. The summed E-state index contributed by atoms with van der Waals surface area (Å²) in [6.07, 6.45) is 1.17. The Morgan fingerprint density at radius 1 is 1.35 bits per heavy atom. The zero-order valence-corrected chi connectivity index (χ0v) is 11.5. The Hall–Kier alpha value is -0.720. The van der Waals surface area contributed by atoms with E-state index in [1.54, 1.807) is 0 Å². The average Bonchev–Trinajstić information content (AvgIpc) is 2.79. The molecule has 5 nitrogen and oxygen atoms in total. The van der Waals surface area contributed by atoms with E-state index in [1.165, 1.54) is 11.3 Å². The molecule has 0 amide bonds. The second-order valence-corrected chi connectivity index (χ2v) is 4.77. The number of rotatable bonds is 9. The fourth-order valence-electron chi connectivity index (χ4n) is 1.16. The van der Waals surface area contributed by atoms with E-state index in [1.807, 2.05) is 13.8 Å². The smallest absolute Gasteiger partial charge is 0.205 e. The maximum Gasteiger partial charge on any atom is 0.205 e. The van der Waals surface area contributed by atoms with Crippen LogP contribution in [0.25, 0.3) is 0 Å². The molecule has 1 N–H and O–H groups in total. The zero-order valence-electron chi connectivity index (χ0n) is 10.7. The molecule has 0 fully saturated rings. The van der Waals surface area contributed by atoms with Crippen molar-refractivity contribution in [3.05, 3.63) is 5.01 Å². The molecule has 1 heterocycles. The van der Waals surface area contributed by atoms with Gasteiger partial charge in [-0.2, -0.15) is 0 Å². The monoisotopic (exact) mass is 259 g/mol.